The minimum atomic E-state index is 0.0424. The van der Waals surface area contributed by atoms with Gasteiger partial charge in [-0.2, -0.15) is 0 Å². The Morgan fingerprint density at radius 2 is 2.21 bits per heavy atom. The summed E-state index contributed by atoms with van der Waals surface area (Å²) in [6.45, 7) is 2.73. The molecule has 0 amide bonds. The number of pyridine rings is 1. The van der Waals surface area contributed by atoms with Crippen LogP contribution in [0.4, 0.5) is 5.82 Å². The molecule has 1 fully saturated rings. The third-order valence-electron chi connectivity index (χ3n) is 3.54. The Morgan fingerprint density at radius 1 is 1.37 bits per heavy atom. The number of aliphatic hydroxyl groups is 1. The number of furan rings is 1. The van der Waals surface area contributed by atoms with Crippen molar-refractivity contribution in [2.75, 3.05) is 4.90 Å². The molecule has 0 atom stereocenters. The molecule has 2 aromatic rings. The highest BCUT2D eigenvalue weighted by Gasteiger charge is 2.30. The summed E-state index contributed by atoms with van der Waals surface area (Å²) in [5, 5.41) is 9.21. The van der Waals surface area contributed by atoms with E-state index in [0.29, 0.717) is 6.04 Å². The number of aliphatic hydroxyl groups excluding tert-OH is 1. The van der Waals surface area contributed by atoms with Crippen LogP contribution in [0.2, 0.25) is 0 Å². The van der Waals surface area contributed by atoms with Crippen molar-refractivity contribution in [2.24, 2.45) is 0 Å². The molecule has 2 heterocycles. The molecule has 0 bridgehead atoms. The Morgan fingerprint density at radius 3 is 2.79 bits per heavy atom. The fourth-order valence-electron chi connectivity index (χ4n) is 2.26. The van der Waals surface area contributed by atoms with Crippen LogP contribution in [0.25, 0.3) is 0 Å². The van der Waals surface area contributed by atoms with Crippen molar-refractivity contribution in [1.82, 2.24) is 4.98 Å². The number of hydrogen-bond donors (Lipinski definition) is 1. The van der Waals surface area contributed by atoms with Gasteiger partial charge in [-0.1, -0.05) is 6.07 Å². The van der Waals surface area contributed by atoms with E-state index < -0.39 is 0 Å². The number of aryl methyl sites for hydroxylation is 1. The van der Waals surface area contributed by atoms with Crippen molar-refractivity contribution in [3.8, 4) is 0 Å². The number of anilines is 1. The largest absolute Gasteiger partial charge is 0.467 e. The van der Waals surface area contributed by atoms with Crippen molar-refractivity contribution in [1.29, 1.82) is 0 Å². The van der Waals surface area contributed by atoms with Crippen molar-refractivity contribution >= 4 is 5.82 Å². The van der Waals surface area contributed by atoms with Gasteiger partial charge in [0, 0.05) is 11.7 Å². The van der Waals surface area contributed by atoms with Gasteiger partial charge in [-0.05, 0) is 43.5 Å². The van der Waals surface area contributed by atoms with Gasteiger partial charge in [-0.25, -0.2) is 4.98 Å². The summed E-state index contributed by atoms with van der Waals surface area (Å²) in [6.07, 6.45) is 4.13. The zero-order chi connectivity index (χ0) is 13.2. The number of hydrogen-bond acceptors (Lipinski definition) is 4. The lowest BCUT2D eigenvalue weighted by atomic mass is 10.2. The van der Waals surface area contributed by atoms with E-state index in [1.54, 1.807) is 6.26 Å². The van der Waals surface area contributed by atoms with Crippen molar-refractivity contribution in [3.63, 3.8) is 0 Å². The van der Waals surface area contributed by atoms with Gasteiger partial charge in [-0.3, -0.25) is 0 Å². The highest BCUT2D eigenvalue weighted by Crippen LogP contribution is 2.32. The number of nitrogens with zero attached hydrogens (tertiary/aromatic N) is 2. The van der Waals surface area contributed by atoms with E-state index in [1.807, 2.05) is 31.2 Å². The fourth-order valence-corrected chi connectivity index (χ4v) is 2.26. The molecule has 0 aliphatic heterocycles. The molecule has 1 N–H and O–H groups in total. The lowest BCUT2D eigenvalue weighted by molar-refractivity contribution is 0.280. The molecule has 0 radical (unpaired) electrons. The van der Waals surface area contributed by atoms with Gasteiger partial charge in [0.1, 0.15) is 11.6 Å². The number of aromatic nitrogens is 1. The Kier molecular flexibility index (Phi) is 3.25. The molecule has 100 valence electrons. The topological polar surface area (TPSA) is 49.5 Å². The van der Waals surface area contributed by atoms with Crippen molar-refractivity contribution < 1.29 is 9.52 Å². The highest BCUT2D eigenvalue weighted by molar-refractivity contribution is 5.44. The molecule has 3 rings (SSSR count). The second-order valence-corrected chi connectivity index (χ2v) is 5.01. The minimum absolute atomic E-state index is 0.0424. The molecule has 19 heavy (non-hydrogen) atoms. The van der Waals surface area contributed by atoms with Crippen LogP contribution in [0.5, 0.6) is 0 Å². The smallest absolute Gasteiger partial charge is 0.129 e. The van der Waals surface area contributed by atoms with Crippen LogP contribution in [-0.4, -0.2) is 16.1 Å². The molecule has 0 unspecified atom stereocenters. The summed E-state index contributed by atoms with van der Waals surface area (Å²) in [5.41, 5.74) is 1.78. The van der Waals surface area contributed by atoms with Crippen LogP contribution in [0, 0.1) is 6.92 Å². The first-order chi connectivity index (χ1) is 9.28. The zero-order valence-electron chi connectivity index (χ0n) is 11.0. The highest BCUT2D eigenvalue weighted by atomic mass is 16.3. The molecule has 1 aliphatic rings. The number of rotatable bonds is 5. The molecule has 0 spiro atoms. The maximum absolute atomic E-state index is 9.21. The van der Waals surface area contributed by atoms with Gasteiger partial charge in [0.15, 0.2) is 0 Å². The van der Waals surface area contributed by atoms with Gasteiger partial charge < -0.3 is 14.4 Å². The summed E-state index contributed by atoms with van der Waals surface area (Å²) in [6, 6.07) is 8.41. The van der Waals surface area contributed by atoms with Gasteiger partial charge in [-0.15, -0.1) is 0 Å². The third-order valence-corrected chi connectivity index (χ3v) is 3.54. The lowest BCUT2D eigenvalue weighted by Crippen LogP contribution is -2.26. The van der Waals surface area contributed by atoms with Crippen LogP contribution in [0.3, 0.4) is 0 Å². The first-order valence-corrected chi connectivity index (χ1v) is 6.64. The zero-order valence-corrected chi connectivity index (χ0v) is 11.0. The first kappa shape index (κ1) is 12.2. The van der Waals surface area contributed by atoms with Crippen molar-refractivity contribution in [3.05, 3.63) is 47.5 Å². The summed E-state index contributed by atoms with van der Waals surface area (Å²) in [5.74, 6) is 1.92. The van der Waals surface area contributed by atoms with Crippen LogP contribution in [0.1, 0.15) is 29.9 Å². The van der Waals surface area contributed by atoms with Crippen LogP contribution >= 0.6 is 0 Å². The summed E-state index contributed by atoms with van der Waals surface area (Å²) in [7, 11) is 0. The molecule has 0 aromatic carbocycles. The molecule has 1 saturated carbocycles. The molecule has 1 aliphatic carbocycles. The Bertz CT molecular complexity index is 547. The van der Waals surface area contributed by atoms with Crippen LogP contribution in [0.15, 0.2) is 34.9 Å². The summed E-state index contributed by atoms with van der Waals surface area (Å²) in [4.78, 5) is 6.90. The Hall–Kier alpha value is -1.81. The van der Waals surface area contributed by atoms with Crippen LogP contribution < -0.4 is 4.90 Å². The standard InChI is InChI=1S/C15H18N2O2/c1-11-12(10-18)4-7-15(16-11)17(13-5-6-13)9-14-3-2-8-19-14/h2-4,7-8,13,18H,5-6,9-10H2,1H3. The maximum Gasteiger partial charge on any atom is 0.129 e. The van der Waals surface area contributed by atoms with E-state index in [4.69, 9.17) is 4.42 Å². The average Bonchev–Trinajstić information content (AvgIpc) is 3.13. The second kappa shape index (κ2) is 5.05. The summed E-state index contributed by atoms with van der Waals surface area (Å²) < 4.78 is 5.43. The van der Waals surface area contributed by atoms with E-state index in [0.717, 1.165) is 29.4 Å². The molecule has 4 heteroatoms. The third kappa shape index (κ3) is 2.63. The normalized spacial score (nSPS) is 14.6. The molecular weight excluding hydrogens is 240 g/mol. The fraction of sp³-hybridized carbons (Fsp3) is 0.400. The SMILES string of the molecule is Cc1nc(N(Cc2ccco2)C2CC2)ccc1CO. The van der Waals surface area contributed by atoms with Gasteiger partial charge in [0.2, 0.25) is 0 Å². The quantitative estimate of drug-likeness (QED) is 0.895. The average molecular weight is 258 g/mol. The molecule has 0 saturated heterocycles. The van der Waals surface area contributed by atoms with E-state index >= 15 is 0 Å². The monoisotopic (exact) mass is 258 g/mol. The van der Waals surface area contributed by atoms with Crippen LogP contribution in [-0.2, 0) is 13.2 Å². The second-order valence-electron chi connectivity index (χ2n) is 5.01. The lowest BCUT2D eigenvalue weighted by Gasteiger charge is -2.23. The molecule has 2 aromatic heterocycles. The predicted octanol–water partition coefficient (Wildman–Crippen LogP) is 2.64. The Labute approximate surface area is 112 Å². The first-order valence-electron chi connectivity index (χ1n) is 6.64. The Balaban J connectivity index is 1.85. The molecule has 4 nitrogen and oxygen atoms in total. The van der Waals surface area contributed by atoms with Crippen molar-refractivity contribution in [2.45, 2.75) is 39.0 Å². The predicted molar refractivity (Wildman–Crippen MR) is 72.8 cm³/mol. The van der Waals surface area contributed by atoms with E-state index in [9.17, 15) is 5.11 Å². The molecular formula is C15H18N2O2. The van der Waals surface area contributed by atoms with Gasteiger partial charge in [0.25, 0.3) is 0 Å². The van der Waals surface area contributed by atoms with Gasteiger partial charge in [0.05, 0.1) is 19.4 Å². The van der Waals surface area contributed by atoms with E-state index in [-0.39, 0.29) is 6.61 Å². The van der Waals surface area contributed by atoms with E-state index in [1.165, 1.54) is 12.8 Å². The minimum Gasteiger partial charge on any atom is -0.467 e. The maximum atomic E-state index is 9.21. The van der Waals surface area contributed by atoms with E-state index in [2.05, 4.69) is 9.88 Å². The van der Waals surface area contributed by atoms with Gasteiger partial charge >= 0.3 is 0 Å². The summed E-state index contributed by atoms with van der Waals surface area (Å²) >= 11 is 0.